The average molecular weight is 339 g/mol. The van der Waals surface area contributed by atoms with Gasteiger partial charge >= 0.3 is 0 Å². The lowest BCUT2D eigenvalue weighted by atomic mass is 10.0. The number of anilines is 1. The molecule has 8 heteroatoms. The Bertz CT molecular complexity index is 905. The highest BCUT2D eigenvalue weighted by Crippen LogP contribution is 2.18. The van der Waals surface area contributed by atoms with Crippen LogP contribution in [0.1, 0.15) is 28.9 Å². The molecule has 4 heterocycles. The van der Waals surface area contributed by atoms with Crippen molar-refractivity contribution in [2.75, 3.05) is 18.0 Å². The second-order valence-corrected chi connectivity index (χ2v) is 6.47. The number of nitrogens with one attached hydrogen (secondary N) is 1. The standard InChI is InChI=1S/C17H21N7O/c1-12-3-9-24-15(20-12)14(11-19-24)16(25)21-13-4-7-23(8-5-13)17-18-6-10-22(17)2/h3,6,9-11,13H,4-5,7-8H2,1-2H3,(H,21,25). The molecule has 0 bridgehead atoms. The third-order valence-electron chi connectivity index (χ3n) is 4.66. The summed E-state index contributed by atoms with van der Waals surface area (Å²) in [7, 11) is 2.00. The summed E-state index contributed by atoms with van der Waals surface area (Å²) in [5, 5.41) is 7.33. The van der Waals surface area contributed by atoms with Gasteiger partial charge in [-0.05, 0) is 25.8 Å². The quantitative estimate of drug-likeness (QED) is 0.775. The van der Waals surface area contributed by atoms with Gasteiger partial charge in [0.05, 0.1) is 6.20 Å². The van der Waals surface area contributed by atoms with Crippen LogP contribution in [0.15, 0.2) is 30.9 Å². The van der Waals surface area contributed by atoms with Crippen LogP contribution in [0.2, 0.25) is 0 Å². The Hall–Kier alpha value is -2.90. The van der Waals surface area contributed by atoms with E-state index in [1.165, 1.54) is 0 Å². The van der Waals surface area contributed by atoms with Crippen molar-refractivity contribution in [1.82, 2.24) is 29.5 Å². The van der Waals surface area contributed by atoms with Crippen molar-refractivity contribution in [3.8, 4) is 0 Å². The van der Waals surface area contributed by atoms with E-state index in [1.807, 2.05) is 43.2 Å². The summed E-state index contributed by atoms with van der Waals surface area (Å²) in [5.74, 6) is 0.871. The zero-order valence-corrected chi connectivity index (χ0v) is 14.4. The molecule has 1 fully saturated rings. The molecule has 0 atom stereocenters. The molecule has 0 aliphatic carbocycles. The predicted molar refractivity (Wildman–Crippen MR) is 93.6 cm³/mol. The molecule has 3 aromatic rings. The zero-order chi connectivity index (χ0) is 17.4. The molecule has 3 aromatic heterocycles. The Morgan fingerprint density at radius 2 is 2.08 bits per heavy atom. The molecule has 1 N–H and O–H groups in total. The fourth-order valence-electron chi connectivity index (χ4n) is 3.27. The van der Waals surface area contributed by atoms with Gasteiger partial charge in [0.1, 0.15) is 5.56 Å². The largest absolute Gasteiger partial charge is 0.349 e. The molecular weight excluding hydrogens is 318 g/mol. The summed E-state index contributed by atoms with van der Waals surface area (Å²) in [5.41, 5.74) is 1.99. The maximum Gasteiger partial charge on any atom is 0.256 e. The lowest BCUT2D eigenvalue weighted by Crippen LogP contribution is -2.45. The smallest absolute Gasteiger partial charge is 0.256 e. The van der Waals surface area contributed by atoms with Crippen molar-refractivity contribution in [3.63, 3.8) is 0 Å². The van der Waals surface area contributed by atoms with Gasteiger partial charge in [-0.25, -0.2) is 14.5 Å². The Labute approximate surface area is 145 Å². The molecule has 0 unspecified atom stereocenters. The number of nitrogens with zero attached hydrogens (tertiary/aromatic N) is 6. The topological polar surface area (TPSA) is 80.4 Å². The minimum Gasteiger partial charge on any atom is -0.349 e. The second kappa shape index (κ2) is 6.19. The third-order valence-corrected chi connectivity index (χ3v) is 4.66. The first-order valence-electron chi connectivity index (χ1n) is 8.46. The van der Waals surface area contributed by atoms with Gasteiger partial charge in [0, 0.05) is 50.5 Å². The van der Waals surface area contributed by atoms with Crippen molar-refractivity contribution in [3.05, 3.63) is 42.1 Å². The molecule has 1 amide bonds. The fraction of sp³-hybridized carbons (Fsp3) is 0.412. The number of carbonyl (C=O) groups excluding carboxylic acids is 1. The van der Waals surface area contributed by atoms with E-state index >= 15 is 0 Å². The van der Waals surface area contributed by atoms with Crippen molar-refractivity contribution in [2.45, 2.75) is 25.8 Å². The Morgan fingerprint density at radius 3 is 2.80 bits per heavy atom. The Kier molecular flexibility index (Phi) is 3.87. The van der Waals surface area contributed by atoms with Crippen LogP contribution in [-0.2, 0) is 7.05 Å². The molecule has 1 saturated heterocycles. The van der Waals surface area contributed by atoms with Crippen molar-refractivity contribution < 1.29 is 4.79 Å². The molecule has 130 valence electrons. The first kappa shape index (κ1) is 15.6. The van der Waals surface area contributed by atoms with E-state index in [4.69, 9.17) is 0 Å². The number of rotatable bonds is 3. The van der Waals surface area contributed by atoms with Gasteiger partial charge in [0.25, 0.3) is 5.91 Å². The minimum absolute atomic E-state index is 0.108. The molecule has 0 spiro atoms. The number of fused-ring (bicyclic) bond motifs is 1. The molecule has 8 nitrogen and oxygen atoms in total. The number of aromatic nitrogens is 5. The summed E-state index contributed by atoms with van der Waals surface area (Å²) in [6, 6.07) is 2.03. The van der Waals surface area contributed by atoms with Gasteiger partial charge in [-0.2, -0.15) is 5.10 Å². The summed E-state index contributed by atoms with van der Waals surface area (Å²) in [6.45, 7) is 3.66. The van der Waals surface area contributed by atoms with Crippen LogP contribution in [0.5, 0.6) is 0 Å². The lowest BCUT2D eigenvalue weighted by Gasteiger charge is -2.32. The maximum absolute atomic E-state index is 12.6. The van der Waals surface area contributed by atoms with Crippen LogP contribution in [0.25, 0.3) is 5.65 Å². The lowest BCUT2D eigenvalue weighted by molar-refractivity contribution is 0.0932. The third kappa shape index (κ3) is 2.95. The maximum atomic E-state index is 12.6. The van der Waals surface area contributed by atoms with E-state index < -0.39 is 0 Å². The molecule has 25 heavy (non-hydrogen) atoms. The Balaban J connectivity index is 1.42. The predicted octanol–water partition coefficient (Wildman–Crippen LogP) is 1.17. The van der Waals surface area contributed by atoms with Gasteiger partial charge < -0.3 is 14.8 Å². The van der Waals surface area contributed by atoms with Crippen LogP contribution >= 0.6 is 0 Å². The fourth-order valence-corrected chi connectivity index (χ4v) is 3.27. The number of hydrogen-bond donors (Lipinski definition) is 1. The molecule has 1 aliphatic rings. The van der Waals surface area contributed by atoms with Crippen LogP contribution in [0, 0.1) is 6.92 Å². The van der Waals surface area contributed by atoms with Crippen LogP contribution in [0.4, 0.5) is 5.95 Å². The number of piperidine rings is 1. The van der Waals surface area contributed by atoms with Crippen molar-refractivity contribution >= 4 is 17.5 Å². The van der Waals surface area contributed by atoms with Gasteiger partial charge in [-0.1, -0.05) is 0 Å². The normalized spacial score (nSPS) is 15.7. The van der Waals surface area contributed by atoms with Gasteiger partial charge in [-0.15, -0.1) is 0 Å². The molecular formula is C17H21N7O. The number of carbonyl (C=O) groups is 1. The van der Waals surface area contributed by atoms with Crippen molar-refractivity contribution in [1.29, 1.82) is 0 Å². The summed E-state index contributed by atoms with van der Waals surface area (Å²) in [4.78, 5) is 23.7. The van der Waals surface area contributed by atoms with Crippen molar-refractivity contribution in [2.24, 2.45) is 7.05 Å². The van der Waals surface area contributed by atoms with E-state index in [0.29, 0.717) is 11.2 Å². The number of imidazole rings is 1. The summed E-state index contributed by atoms with van der Waals surface area (Å²) < 4.78 is 3.65. The molecule has 1 aliphatic heterocycles. The first-order chi connectivity index (χ1) is 12.1. The molecule has 0 aromatic carbocycles. The van der Waals surface area contributed by atoms with E-state index in [2.05, 4.69) is 25.3 Å². The zero-order valence-electron chi connectivity index (χ0n) is 14.4. The Morgan fingerprint density at radius 1 is 1.28 bits per heavy atom. The molecule has 0 radical (unpaired) electrons. The van der Waals surface area contributed by atoms with Crippen LogP contribution in [-0.4, -0.2) is 49.2 Å². The van der Waals surface area contributed by atoms with Gasteiger partial charge in [0.15, 0.2) is 5.65 Å². The molecule has 4 rings (SSSR count). The van der Waals surface area contributed by atoms with Crippen LogP contribution < -0.4 is 10.2 Å². The minimum atomic E-state index is -0.108. The highest BCUT2D eigenvalue weighted by Gasteiger charge is 2.24. The van der Waals surface area contributed by atoms with Gasteiger partial charge in [-0.3, -0.25) is 4.79 Å². The number of hydrogen-bond acceptors (Lipinski definition) is 5. The number of amides is 1. The van der Waals surface area contributed by atoms with E-state index in [0.717, 1.165) is 37.6 Å². The molecule has 0 saturated carbocycles. The average Bonchev–Trinajstić information content (AvgIpc) is 3.21. The van der Waals surface area contributed by atoms with E-state index in [1.54, 1.807) is 10.7 Å². The highest BCUT2D eigenvalue weighted by atomic mass is 16.1. The second-order valence-electron chi connectivity index (χ2n) is 6.47. The van der Waals surface area contributed by atoms with Gasteiger partial charge in [0.2, 0.25) is 5.95 Å². The SMILES string of the molecule is Cc1ccn2ncc(C(=O)NC3CCN(c4nccn4C)CC3)c2n1. The summed E-state index contributed by atoms with van der Waals surface area (Å²) in [6.07, 6.45) is 8.95. The summed E-state index contributed by atoms with van der Waals surface area (Å²) >= 11 is 0. The van der Waals surface area contributed by atoms with Crippen LogP contribution in [0.3, 0.4) is 0 Å². The van der Waals surface area contributed by atoms with E-state index in [9.17, 15) is 4.79 Å². The first-order valence-corrected chi connectivity index (χ1v) is 8.46. The number of aryl methyl sites for hydroxylation is 2. The monoisotopic (exact) mass is 339 g/mol. The highest BCUT2D eigenvalue weighted by molar-refractivity contribution is 5.99. The van der Waals surface area contributed by atoms with E-state index in [-0.39, 0.29) is 11.9 Å².